The maximum absolute atomic E-state index is 12.6. The molecule has 7 nitrogen and oxygen atoms in total. The van der Waals surface area contributed by atoms with E-state index in [0.29, 0.717) is 42.7 Å². The van der Waals surface area contributed by atoms with E-state index in [9.17, 15) is 14.7 Å². The highest BCUT2D eigenvalue weighted by Gasteiger charge is 2.45. The number of benzene rings is 1. The maximum Gasteiger partial charge on any atom is 0.320 e. The molecule has 2 fully saturated rings. The van der Waals surface area contributed by atoms with Crippen molar-refractivity contribution in [3.63, 3.8) is 0 Å². The van der Waals surface area contributed by atoms with Crippen molar-refractivity contribution in [2.75, 3.05) is 25.1 Å². The van der Waals surface area contributed by atoms with Gasteiger partial charge in [-0.1, -0.05) is 12.8 Å². The van der Waals surface area contributed by atoms with Gasteiger partial charge < -0.3 is 19.9 Å². The van der Waals surface area contributed by atoms with Crippen LogP contribution in [0.1, 0.15) is 32.1 Å². The molecule has 140 valence electrons. The molecule has 3 unspecified atom stereocenters. The molecule has 1 aromatic carbocycles. The number of fused-ring (bicyclic) bond motifs is 2. The molecule has 2 N–H and O–H groups in total. The van der Waals surface area contributed by atoms with Crippen LogP contribution in [0.3, 0.4) is 0 Å². The average molecular weight is 360 g/mol. The SMILES string of the molecule is O=C(CN1C(C(=O)O)CC2CCCCC21)Nc1ccc2c(c1)OCCO2. The van der Waals surface area contributed by atoms with E-state index in [-0.39, 0.29) is 18.5 Å². The summed E-state index contributed by atoms with van der Waals surface area (Å²) in [6.45, 7) is 1.11. The molecular formula is C19H24N2O5. The monoisotopic (exact) mass is 360 g/mol. The number of rotatable bonds is 4. The lowest BCUT2D eigenvalue weighted by Gasteiger charge is -2.32. The Bertz CT molecular complexity index is 707. The van der Waals surface area contributed by atoms with Gasteiger partial charge in [-0.25, -0.2) is 0 Å². The van der Waals surface area contributed by atoms with Crippen LogP contribution in [-0.4, -0.2) is 53.7 Å². The molecule has 1 saturated heterocycles. The Balaban J connectivity index is 1.44. The van der Waals surface area contributed by atoms with E-state index in [0.717, 1.165) is 25.7 Å². The van der Waals surface area contributed by atoms with Crippen LogP contribution in [0.15, 0.2) is 18.2 Å². The highest BCUT2D eigenvalue weighted by atomic mass is 16.6. The lowest BCUT2D eigenvalue weighted by atomic mass is 9.85. The summed E-state index contributed by atoms with van der Waals surface area (Å²) in [5, 5.41) is 12.4. The van der Waals surface area contributed by atoms with Crippen LogP contribution in [0.2, 0.25) is 0 Å². The largest absolute Gasteiger partial charge is 0.486 e. The zero-order valence-electron chi connectivity index (χ0n) is 14.6. The van der Waals surface area contributed by atoms with Crippen molar-refractivity contribution in [3.05, 3.63) is 18.2 Å². The third kappa shape index (κ3) is 3.35. The average Bonchev–Trinajstić information content (AvgIpc) is 3.00. The molecule has 3 atom stereocenters. The fraction of sp³-hybridized carbons (Fsp3) is 0.579. The minimum atomic E-state index is -0.827. The van der Waals surface area contributed by atoms with Crippen molar-refractivity contribution in [1.82, 2.24) is 4.90 Å². The second-order valence-corrected chi connectivity index (χ2v) is 7.28. The van der Waals surface area contributed by atoms with Crippen molar-refractivity contribution in [1.29, 1.82) is 0 Å². The molecule has 1 aromatic rings. The molecule has 0 aromatic heterocycles. The number of hydrogen-bond acceptors (Lipinski definition) is 5. The summed E-state index contributed by atoms with van der Waals surface area (Å²) in [5.74, 6) is 0.661. The Labute approximate surface area is 152 Å². The van der Waals surface area contributed by atoms with Gasteiger partial charge in [-0.15, -0.1) is 0 Å². The number of amides is 1. The van der Waals surface area contributed by atoms with Crippen molar-refractivity contribution in [3.8, 4) is 11.5 Å². The first-order chi connectivity index (χ1) is 12.6. The van der Waals surface area contributed by atoms with Gasteiger partial charge in [0.25, 0.3) is 0 Å². The molecular weight excluding hydrogens is 336 g/mol. The highest BCUT2D eigenvalue weighted by Crippen LogP contribution is 2.39. The van der Waals surface area contributed by atoms with Gasteiger partial charge >= 0.3 is 5.97 Å². The molecule has 7 heteroatoms. The van der Waals surface area contributed by atoms with E-state index in [2.05, 4.69) is 5.32 Å². The van der Waals surface area contributed by atoms with E-state index in [1.165, 1.54) is 0 Å². The Hall–Kier alpha value is -2.28. The van der Waals surface area contributed by atoms with Crippen LogP contribution >= 0.6 is 0 Å². The zero-order chi connectivity index (χ0) is 18.1. The number of carboxylic acid groups (broad SMARTS) is 1. The van der Waals surface area contributed by atoms with Gasteiger partial charge in [-0.05, 0) is 37.3 Å². The maximum atomic E-state index is 12.6. The van der Waals surface area contributed by atoms with Gasteiger partial charge in [0, 0.05) is 17.8 Å². The van der Waals surface area contributed by atoms with Gasteiger partial charge in [-0.2, -0.15) is 0 Å². The van der Waals surface area contributed by atoms with E-state index < -0.39 is 12.0 Å². The molecule has 0 spiro atoms. The number of nitrogens with zero attached hydrogens (tertiary/aromatic N) is 1. The Morgan fingerprint density at radius 2 is 1.92 bits per heavy atom. The molecule has 0 bridgehead atoms. The van der Waals surface area contributed by atoms with Crippen molar-refractivity contribution in [2.24, 2.45) is 5.92 Å². The molecule has 1 saturated carbocycles. The van der Waals surface area contributed by atoms with E-state index >= 15 is 0 Å². The predicted molar refractivity (Wildman–Crippen MR) is 94.6 cm³/mol. The number of likely N-dealkylation sites (tertiary alicyclic amines) is 1. The smallest absolute Gasteiger partial charge is 0.320 e. The minimum absolute atomic E-state index is 0.104. The first kappa shape index (κ1) is 17.1. The summed E-state index contributed by atoms with van der Waals surface area (Å²) in [6.07, 6.45) is 4.95. The summed E-state index contributed by atoms with van der Waals surface area (Å²) in [6, 6.07) is 4.93. The second-order valence-electron chi connectivity index (χ2n) is 7.28. The molecule has 1 amide bonds. The molecule has 2 aliphatic heterocycles. The summed E-state index contributed by atoms with van der Waals surface area (Å²) in [4.78, 5) is 26.1. The lowest BCUT2D eigenvalue weighted by molar-refractivity contribution is -0.143. The number of ether oxygens (including phenoxy) is 2. The predicted octanol–water partition coefficient (Wildman–Crippen LogP) is 2.11. The first-order valence-electron chi connectivity index (χ1n) is 9.30. The van der Waals surface area contributed by atoms with Crippen molar-refractivity contribution in [2.45, 2.75) is 44.2 Å². The number of carbonyl (C=O) groups excluding carboxylic acids is 1. The van der Waals surface area contributed by atoms with Gasteiger partial charge in [0.15, 0.2) is 11.5 Å². The minimum Gasteiger partial charge on any atom is -0.486 e. The van der Waals surface area contributed by atoms with Gasteiger partial charge in [0.2, 0.25) is 5.91 Å². The standard InChI is InChI=1S/C19H24N2O5/c22-18(20-13-5-6-16-17(10-13)26-8-7-25-16)11-21-14-4-2-1-3-12(14)9-15(21)19(23)24/h5-6,10,12,14-15H,1-4,7-9,11H2,(H,20,22)(H,23,24). The quantitative estimate of drug-likeness (QED) is 0.855. The number of aliphatic carboxylic acids is 1. The van der Waals surface area contributed by atoms with Crippen molar-refractivity contribution >= 4 is 17.6 Å². The highest BCUT2D eigenvalue weighted by molar-refractivity contribution is 5.93. The number of anilines is 1. The molecule has 1 aliphatic carbocycles. The number of hydrogen-bond donors (Lipinski definition) is 2. The second kappa shape index (κ2) is 7.15. The Morgan fingerprint density at radius 1 is 1.15 bits per heavy atom. The van der Waals surface area contributed by atoms with Crippen LogP contribution in [0.5, 0.6) is 11.5 Å². The topological polar surface area (TPSA) is 88.1 Å². The van der Waals surface area contributed by atoms with Crippen molar-refractivity contribution < 1.29 is 24.2 Å². The Morgan fingerprint density at radius 3 is 2.73 bits per heavy atom. The van der Waals surface area contributed by atoms with E-state index in [1.807, 2.05) is 4.90 Å². The third-order valence-electron chi connectivity index (χ3n) is 5.66. The van der Waals surface area contributed by atoms with Crippen LogP contribution in [0, 0.1) is 5.92 Å². The normalized spacial score (nSPS) is 27.6. The van der Waals surface area contributed by atoms with Crippen LogP contribution in [-0.2, 0) is 9.59 Å². The summed E-state index contributed by atoms with van der Waals surface area (Å²) in [7, 11) is 0. The first-order valence-corrected chi connectivity index (χ1v) is 9.30. The number of carbonyl (C=O) groups is 2. The van der Waals surface area contributed by atoms with Gasteiger partial charge in [0.1, 0.15) is 19.3 Å². The molecule has 3 aliphatic rings. The van der Waals surface area contributed by atoms with Gasteiger partial charge in [0.05, 0.1) is 6.54 Å². The number of nitrogens with one attached hydrogen (secondary N) is 1. The summed E-state index contributed by atoms with van der Waals surface area (Å²) >= 11 is 0. The Kier molecular flexibility index (Phi) is 4.72. The summed E-state index contributed by atoms with van der Waals surface area (Å²) < 4.78 is 11.0. The van der Waals surface area contributed by atoms with E-state index in [1.54, 1.807) is 18.2 Å². The molecule has 2 heterocycles. The summed E-state index contributed by atoms with van der Waals surface area (Å²) in [5.41, 5.74) is 0.630. The molecule has 4 rings (SSSR count). The molecule has 0 radical (unpaired) electrons. The van der Waals surface area contributed by atoms with E-state index in [4.69, 9.17) is 9.47 Å². The lowest BCUT2D eigenvalue weighted by Crippen LogP contribution is -2.46. The zero-order valence-corrected chi connectivity index (χ0v) is 14.6. The van der Waals surface area contributed by atoms with Crippen LogP contribution in [0.4, 0.5) is 5.69 Å². The van der Waals surface area contributed by atoms with Gasteiger partial charge in [-0.3, -0.25) is 14.5 Å². The third-order valence-corrected chi connectivity index (χ3v) is 5.66. The van der Waals surface area contributed by atoms with Crippen LogP contribution in [0.25, 0.3) is 0 Å². The fourth-order valence-electron chi connectivity index (χ4n) is 4.51. The number of carboxylic acids is 1. The fourth-order valence-corrected chi connectivity index (χ4v) is 4.51. The molecule has 26 heavy (non-hydrogen) atoms. The van der Waals surface area contributed by atoms with Crippen LogP contribution < -0.4 is 14.8 Å².